The fourth-order valence-corrected chi connectivity index (χ4v) is 2.51. The van der Waals surface area contributed by atoms with Crippen molar-refractivity contribution in [3.8, 4) is 17.2 Å². The number of fused-ring (bicyclic) bond motifs is 1. The Balaban J connectivity index is 1.93. The molecule has 2 aromatic rings. The second-order valence-electron chi connectivity index (χ2n) is 4.87. The van der Waals surface area contributed by atoms with E-state index in [4.69, 9.17) is 14.2 Å². The summed E-state index contributed by atoms with van der Waals surface area (Å²) in [7, 11) is 0. The largest absolute Gasteiger partial charge is 0.493 e. The Morgan fingerprint density at radius 1 is 1.23 bits per heavy atom. The molecule has 114 valence electrons. The van der Waals surface area contributed by atoms with Gasteiger partial charge in [-0.1, -0.05) is 0 Å². The fourth-order valence-electron chi connectivity index (χ4n) is 2.17. The first-order chi connectivity index (χ1) is 10.7. The van der Waals surface area contributed by atoms with E-state index in [9.17, 15) is 0 Å². The molecule has 0 fully saturated rings. The number of halogens is 1. The second kappa shape index (κ2) is 6.56. The van der Waals surface area contributed by atoms with E-state index in [0.29, 0.717) is 12.4 Å². The molecule has 0 radical (unpaired) electrons. The smallest absolute Gasteiger partial charge is 0.231 e. The molecule has 0 aromatic heterocycles. The van der Waals surface area contributed by atoms with Crippen LogP contribution in [0, 0.1) is 10.5 Å². The van der Waals surface area contributed by atoms with Gasteiger partial charge in [0.25, 0.3) is 0 Å². The zero-order valence-corrected chi connectivity index (χ0v) is 14.6. The summed E-state index contributed by atoms with van der Waals surface area (Å²) in [6.07, 6.45) is 1.80. The third kappa shape index (κ3) is 3.19. The van der Waals surface area contributed by atoms with Crippen molar-refractivity contribution in [3.05, 3.63) is 45.0 Å². The maximum absolute atomic E-state index is 5.67. The molecule has 2 aromatic carbocycles. The zero-order valence-electron chi connectivity index (χ0n) is 12.4. The highest BCUT2D eigenvalue weighted by atomic mass is 127. The predicted octanol–water partition coefficient (Wildman–Crippen LogP) is 4.48. The molecule has 0 saturated carbocycles. The quantitative estimate of drug-likeness (QED) is 0.553. The molecule has 1 aliphatic rings. The highest BCUT2D eigenvalue weighted by Gasteiger charge is 2.17. The van der Waals surface area contributed by atoms with Crippen LogP contribution in [0.3, 0.4) is 0 Å². The number of rotatable bonds is 4. The van der Waals surface area contributed by atoms with Gasteiger partial charge in [-0.15, -0.1) is 0 Å². The molecular formula is C17H16INO3. The summed E-state index contributed by atoms with van der Waals surface area (Å²) in [6.45, 7) is 4.86. The number of aryl methyl sites for hydroxylation is 1. The van der Waals surface area contributed by atoms with Crippen LogP contribution in [0.5, 0.6) is 17.2 Å². The summed E-state index contributed by atoms with van der Waals surface area (Å²) >= 11 is 2.31. The van der Waals surface area contributed by atoms with Gasteiger partial charge < -0.3 is 14.2 Å². The van der Waals surface area contributed by atoms with Crippen LogP contribution in [-0.4, -0.2) is 19.6 Å². The summed E-state index contributed by atoms with van der Waals surface area (Å²) in [5.41, 5.74) is 3.01. The maximum atomic E-state index is 5.67. The lowest BCUT2D eigenvalue weighted by Gasteiger charge is -2.08. The average Bonchev–Trinajstić information content (AvgIpc) is 2.96. The Kier molecular flexibility index (Phi) is 4.52. The number of nitrogens with zero attached hydrogens (tertiary/aromatic N) is 1. The molecule has 0 saturated heterocycles. The normalized spacial score (nSPS) is 12.9. The van der Waals surface area contributed by atoms with Crippen LogP contribution in [0.15, 0.2) is 35.3 Å². The summed E-state index contributed by atoms with van der Waals surface area (Å²) in [4.78, 5) is 4.54. The minimum absolute atomic E-state index is 0.248. The van der Waals surface area contributed by atoms with Gasteiger partial charge in [0.1, 0.15) is 5.75 Å². The Bertz CT molecular complexity index is 728. The number of ether oxygens (including phenoxy) is 3. The van der Waals surface area contributed by atoms with Crippen LogP contribution in [0.4, 0.5) is 5.69 Å². The SMILES string of the molecule is CCOc1cc2c(cc1C=Nc1ccc(I)c(C)c1)OCO2. The summed E-state index contributed by atoms with van der Waals surface area (Å²) in [5.74, 6) is 2.19. The van der Waals surface area contributed by atoms with Gasteiger partial charge in [-0.25, -0.2) is 0 Å². The molecule has 0 unspecified atom stereocenters. The van der Waals surface area contributed by atoms with Crippen LogP contribution in [0.1, 0.15) is 18.1 Å². The molecule has 0 bridgehead atoms. The van der Waals surface area contributed by atoms with Crippen LogP contribution in [0.25, 0.3) is 0 Å². The molecule has 22 heavy (non-hydrogen) atoms. The number of benzene rings is 2. The fraction of sp³-hybridized carbons (Fsp3) is 0.235. The van der Waals surface area contributed by atoms with Gasteiger partial charge in [0.05, 0.1) is 12.3 Å². The van der Waals surface area contributed by atoms with Crippen molar-refractivity contribution in [1.82, 2.24) is 0 Å². The molecule has 0 N–H and O–H groups in total. The first-order valence-electron chi connectivity index (χ1n) is 7.04. The van der Waals surface area contributed by atoms with Crippen molar-refractivity contribution in [3.63, 3.8) is 0 Å². The van der Waals surface area contributed by atoms with E-state index in [-0.39, 0.29) is 6.79 Å². The van der Waals surface area contributed by atoms with Gasteiger partial charge in [-0.3, -0.25) is 4.99 Å². The molecule has 1 aliphatic heterocycles. The minimum Gasteiger partial charge on any atom is -0.493 e. The third-order valence-corrected chi connectivity index (χ3v) is 4.51. The third-order valence-electron chi connectivity index (χ3n) is 3.30. The van der Waals surface area contributed by atoms with Gasteiger partial charge in [0.15, 0.2) is 11.5 Å². The minimum atomic E-state index is 0.248. The van der Waals surface area contributed by atoms with Crippen LogP contribution in [-0.2, 0) is 0 Å². The monoisotopic (exact) mass is 409 g/mol. The summed E-state index contributed by atoms with van der Waals surface area (Å²) in [6, 6.07) is 9.87. The van der Waals surface area contributed by atoms with E-state index < -0.39 is 0 Å². The van der Waals surface area contributed by atoms with E-state index in [0.717, 1.165) is 22.7 Å². The van der Waals surface area contributed by atoms with Crippen LogP contribution >= 0.6 is 22.6 Å². The van der Waals surface area contributed by atoms with Crippen molar-refractivity contribution >= 4 is 34.5 Å². The van der Waals surface area contributed by atoms with Gasteiger partial charge in [-0.05, 0) is 66.3 Å². The van der Waals surface area contributed by atoms with E-state index >= 15 is 0 Å². The van der Waals surface area contributed by atoms with Crippen LogP contribution in [0.2, 0.25) is 0 Å². The molecule has 4 nitrogen and oxygen atoms in total. The van der Waals surface area contributed by atoms with Crippen molar-refractivity contribution in [2.24, 2.45) is 4.99 Å². The lowest BCUT2D eigenvalue weighted by molar-refractivity contribution is 0.174. The molecule has 0 amide bonds. The van der Waals surface area contributed by atoms with Gasteiger partial charge in [0.2, 0.25) is 6.79 Å². The topological polar surface area (TPSA) is 40.0 Å². The van der Waals surface area contributed by atoms with Crippen LogP contribution < -0.4 is 14.2 Å². The second-order valence-corrected chi connectivity index (χ2v) is 6.03. The standard InChI is InChI=1S/C17H16INO3/c1-3-20-15-8-17-16(21-10-22-17)7-12(15)9-19-13-4-5-14(18)11(2)6-13/h4-9H,3,10H2,1-2H3. The molecule has 0 aliphatic carbocycles. The highest BCUT2D eigenvalue weighted by molar-refractivity contribution is 14.1. The Morgan fingerprint density at radius 3 is 2.73 bits per heavy atom. The molecule has 1 heterocycles. The van der Waals surface area contributed by atoms with Crippen molar-refractivity contribution < 1.29 is 14.2 Å². The molecule has 0 spiro atoms. The average molecular weight is 409 g/mol. The van der Waals surface area contributed by atoms with Gasteiger partial charge in [0, 0.05) is 21.4 Å². The summed E-state index contributed by atoms with van der Waals surface area (Å²) in [5, 5.41) is 0. The molecule has 5 heteroatoms. The lowest BCUT2D eigenvalue weighted by Crippen LogP contribution is -1.96. The first-order valence-corrected chi connectivity index (χ1v) is 8.12. The van der Waals surface area contributed by atoms with E-state index in [2.05, 4.69) is 46.6 Å². The lowest BCUT2D eigenvalue weighted by atomic mass is 10.2. The Hall–Kier alpha value is -1.76. The van der Waals surface area contributed by atoms with E-state index in [1.807, 2.05) is 25.1 Å². The van der Waals surface area contributed by atoms with E-state index in [1.165, 1.54) is 9.13 Å². The number of aliphatic imine (C=N–C) groups is 1. The summed E-state index contributed by atoms with van der Waals surface area (Å²) < 4.78 is 17.7. The van der Waals surface area contributed by atoms with Crippen molar-refractivity contribution in [2.75, 3.05) is 13.4 Å². The number of hydrogen-bond acceptors (Lipinski definition) is 4. The zero-order chi connectivity index (χ0) is 15.5. The van der Waals surface area contributed by atoms with E-state index in [1.54, 1.807) is 6.21 Å². The maximum Gasteiger partial charge on any atom is 0.231 e. The highest BCUT2D eigenvalue weighted by Crippen LogP contribution is 2.37. The first kappa shape index (κ1) is 15.1. The number of hydrogen-bond donors (Lipinski definition) is 0. The van der Waals surface area contributed by atoms with Gasteiger partial charge >= 0.3 is 0 Å². The van der Waals surface area contributed by atoms with Crippen molar-refractivity contribution in [1.29, 1.82) is 0 Å². The van der Waals surface area contributed by atoms with Crippen molar-refractivity contribution in [2.45, 2.75) is 13.8 Å². The Labute approximate surface area is 143 Å². The molecule has 3 rings (SSSR count). The molecule has 0 atom stereocenters. The Morgan fingerprint density at radius 2 is 2.00 bits per heavy atom. The predicted molar refractivity (Wildman–Crippen MR) is 94.9 cm³/mol. The van der Waals surface area contributed by atoms with Gasteiger partial charge in [-0.2, -0.15) is 0 Å². The molecular weight excluding hydrogens is 393 g/mol.